The van der Waals surface area contributed by atoms with Gasteiger partial charge in [0.2, 0.25) is 0 Å². The zero-order chi connectivity index (χ0) is 9.97. The molecule has 1 saturated carbocycles. The second-order valence-electron chi connectivity index (χ2n) is 5.19. The van der Waals surface area contributed by atoms with Crippen LogP contribution >= 0.6 is 0 Å². The summed E-state index contributed by atoms with van der Waals surface area (Å²) in [6, 6.07) is 0. The van der Waals surface area contributed by atoms with E-state index in [0.29, 0.717) is 0 Å². The first-order chi connectivity index (χ1) is 6.83. The number of rotatable bonds is 2. The Morgan fingerprint density at radius 2 is 2.14 bits per heavy atom. The maximum Gasteiger partial charge on any atom is -0.000560 e. The third-order valence-corrected chi connectivity index (χ3v) is 4.42. The minimum atomic E-state index is 0.841. The summed E-state index contributed by atoms with van der Waals surface area (Å²) in [5.41, 5.74) is 0. The number of hydrogen-bond acceptors (Lipinski definition) is 2. The van der Waals surface area contributed by atoms with Gasteiger partial charge in [-0.1, -0.05) is 13.3 Å². The van der Waals surface area contributed by atoms with Gasteiger partial charge in [0, 0.05) is 0 Å². The van der Waals surface area contributed by atoms with Crippen molar-refractivity contribution in [1.82, 2.24) is 10.6 Å². The van der Waals surface area contributed by atoms with Crippen LogP contribution in [0.4, 0.5) is 0 Å². The van der Waals surface area contributed by atoms with Crippen LogP contribution in [0.25, 0.3) is 0 Å². The zero-order valence-electron chi connectivity index (χ0n) is 9.55. The summed E-state index contributed by atoms with van der Waals surface area (Å²) >= 11 is 0. The van der Waals surface area contributed by atoms with Crippen molar-refractivity contribution in [2.45, 2.75) is 26.2 Å². The highest BCUT2D eigenvalue weighted by Gasteiger charge is 2.36. The molecule has 14 heavy (non-hydrogen) atoms. The maximum absolute atomic E-state index is 3.64. The summed E-state index contributed by atoms with van der Waals surface area (Å²) in [5.74, 6) is 3.73. The molecule has 0 aromatic carbocycles. The standard InChI is InChI=1S/C12H24N2/c1-9-11(6-13-2)8-14-7-10-4-3-5-12(9)10/h9-14H,3-8H2,1-2H3. The van der Waals surface area contributed by atoms with Crippen molar-refractivity contribution in [3.8, 4) is 0 Å². The smallest absolute Gasteiger partial charge is 0.000560 e. The SMILES string of the molecule is CNCC1CNCC2CCCC2C1C. The maximum atomic E-state index is 3.64. The van der Waals surface area contributed by atoms with Crippen molar-refractivity contribution < 1.29 is 0 Å². The van der Waals surface area contributed by atoms with E-state index in [2.05, 4.69) is 24.6 Å². The molecule has 0 spiro atoms. The molecule has 82 valence electrons. The van der Waals surface area contributed by atoms with Crippen LogP contribution in [0.3, 0.4) is 0 Å². The highest BCUT2D eigenvalue weighted by Crippen LogP contribution is 2.40. The molecule has 1 saturated heterocycles. The van der Waals surface area contributed by atoms with Crippen LogP contribution in [0.15, 0.2) is 0 Å². The van der Waals surface area contributed by atoms with E-state index in [1.54, 1.807) is 0 Å². The van der Waals surface area contributed by atoms with Gasteiger partial charge in [0.1, 0.15) is 0 Å². The minimum absolute atomic E-state index is 0.841. The van der Waals surface area contributed by atoms with Crippen molar-refractivity contribution in [3.05, 3.63) is 0 Å². The van der Waals surface area contributed by atoms with Gasteiger partial charge in [-0.25, -0.2) is 0 Å². The van der Waals surface area contributed by atoms with Crippen LogP contribution < -0.4 is 10.6 Å². The van der Waals surface area contributed by atoms with E-state index >= 15 is 0 Å². The summed E-state index contributed by atoms with van der Waals surface area (Å²) in [4.78, 5) is 0. The lowest BCUT2D eigenvalue weighted by Gasteiger charge is -2.28. The number of nitrogens with one attached hydrogen (secondary N) is 2. The summed E-state index contributed by atoms with van der Waals surface area (Å²) < 4.78 is 0. The molecule has 1 aliphatic carbocycles. The lowest BCUT2D eigenvalue weighted by Crippen LogP contribution is -2.33. The van der Waals surface area contributed by atoms with Gasteiger partial charge >= 0.3 is 0 Å². The number of hydrogen-bond donors (Lipinski definition) is 2. The van der Waals surface area contributed by atoms with Gasteiger partial charge in [0.15, 0.2) is 0 Å². The first-order valence-corrected chi connectivity index (χ1v) is 6.18. The van der Waals surface area contributed by atoms with Crippen LogP contribution in [-0.2, 0) is 0 Å². The van der Waals surface area contributed by atoms with Gasteiger partial charge in [0.25, 0.3) is 0 Å². The normalized spacial score (nSPS) is 43.3. The molecule has 0 aromatic heterocycles. The molecule has 2 heteroatoms. The Balaban J connectivity index is 2.01. The third-order valence-electron chi connectivity index (χ3n) is 4.42. The van der Waals surface area contributed by atoms with Gasteiger partial charge in [-0.3, -0.25) is 0 Å². The van der Waals surface area contributed by atoms with E-state index in [-0.39, 0.29) is 0 Å². The summed E-state index contributed by atoms with van der Waals surface area (Å²) in [6.45, 7) is 6.14. The van der Waals surface area contributed by atoms with Crippen molar-refractivity contribution in [2.75, 3.05) is 26.7 Å². The lowest BCUT2D eigenvalue weighted by molar-refractivity contribution is 0.230. The Labute approximate surface area is 87.8 Å². The summed E-state index contributed by atoms with van der Waals surface area (Å²) in [7, 11) is 2.07. The van der Waals surface area contributed by atoms with E-state index in [9.17, 15) is 0 Å². The topological polar surface area (TPSA) is 24.1 Å². The monoisotopic (exact) mass is 196 g/mol. The molecule has 0 amide bonds. The van der Waals surface area contributed by atoms with Gasteiger partial charge in [-0.2, -0.15) is 0 Å². The van der Waals surface area contributed by atoms with Gasteiger partial charge in [-0.05, 0) is 63.2 Å². The van der Waals surface area contributed by atoms with Crippen LogP contribution in [0.5, 0.6) is 0 Å². The van der Waals surface area contributed by atoms with E-state index < -0.39 is 0 Å². The molecule has 0 aromatic rings. The summed E-state index contributed by atoms with van der Waals surface area (Å²) in [5, 5.41) is 6.98. The molecule has 2 nitrogen and oxygen atoms in total. The minimum Gasteiger partial charge on any atom is -0.319 e. The third kappa shape index (κ3) is 1.96. The first kappa shape index (κ1) is 10.4. The molecule has 1 heterocycles. The molecule has 4 unspecified atom stereocenters. The predicted molar refractivity (Wildman–Crippen MR) is 60.3 cm³/mol. The highest BCUT2D eigenvalue weighted by atomic mass is 14.9. The zero-order valence-corrected chi connectivity index (χ0v) is 9.55. The van der Waals surface area contributed by atoms with E-state index in [0.717, 1.165) is 23.7 Å². The molecule has 2 aliphatic rings. The molecule has 4 atom stereocenters. The van der Waals surface area contributed by atoms with Crippen LogP contribution in [0.1, 0.15) is 26.2 Å². The molecule has 0 bridgehead atoms. The van der Waals surface area contributed by atoms with Crippen LogP contribution in [0, 0.1) is 23.7 Å². The lowest BCUT2D eigenvalue weighted by atomic mass is 9.79. The second kappa shape index (κ2) is 4.63. The van der Waals surface area contributed by atoms with Gasteiger partial charge < -0.3 is 10.6 Å². The van der Waals surface area contributed by atoms with Crippen molar-refractivity contribution in [1.29, 1.82) is 0 Å². The van der Waals surface area contributed by atoms with Crippen molar-refractivity contribution >= 4 is 0 Å². The predicted octanol–water partition coefficient (Wildman–Crippen LogP) is 1.48. The molecular formula is C12H24N2. The largest absolute Gasteiger partial charge is 0.319 e. The van der Waals surface area contributed by atoms with Crippen molar-refractivity contribution in [3.63, 3.8) is 0 Å². The van der Waals surface area contributed by atoms with Gasteiger partial charge in [-0.15, -0.1) is 0 Å². The fraction of sp³-hybridized carbons (Fsp3) is 1.00. The average molecular weight is 196 g/mol. The van der Waals surface area contributed by atoms with Crippen molar-refractivity contribution in [2.24, 2.45) is 23.7 Å². The quantitative estimate of drug-likeness (QED) is 0.699. The van der Waals surface area contributed by atoms with E-state index in [4.69, 9.17) is 0 Å². The molecule has 2 rings (SSSR count). The molecule has 2 N–H and O–H groups in total. The number of fused-ring (bicyclic) bond motifs is 1. The Bertz CT molecular complexity index is 181. The van der Waals surface area contributed by atoms with E-state index in [1.165, 1.54) is 38.9 Å². The molecule has 2 fully saturated rings. The Kier molecular flexibility index (Phi) is 3.45. The Morgan fingerprint density at radius 3 is 2.93 bits per heavy atom. The van der Waals surface area contributed by atoms with Crippen LogP contribution in [-0.4, -0.2) is 26.7 Å². The molecule has 1 aliphatic heterocycles. The average Bonchev–Trinajstić information content (AvgIpc) is 2.59. The summed E-state index contributed by atoms with van der Waals surface area (Å²) in [6.07, 6.45) is 4.41. The fourth-order valence-electron chi connectivity index (χ4n) is 3.52. The Morgan fingerprint density at radius 1 is 1.29 bits per heavy atom. The van der Waals surface area contributed by atoms with E-state index in [1.807, 2.05) is 0 Å². The first-order valence-electron chi connectivity index (χ1n) is 6.18. The highest BCUT2D eigenvalue weighted by molar-refractivity contribution is 4.89. The van der Waals surface area contributed by atoms with Crippen LogP contribution in [0.2, 0.25) is 0 Å². The molecule has 0 radical (unpaired) electrons. The molecular weight excluding hydrogens is 172 g/mol. The fourth-order valence-corrected chi connectivity index (χ4v) is 3.52. The second-order valence-corrected chi connectivity index (χ2v) is 5.19. The Hall–Kier alpha value is -0.0800. The van der Waals surface area contributed by atoms with Gasteiger partial charge in [0.05, 0.1) is 0 Å².